The second kappa shape index (κ2) is 8.79. The summed E-state index contributed by atoms with van der Waals surface area (Å²) in [7, 11) is 1.58. The summed E-state index contributed by atoms with van der Waals surface area (Å²) < 4.78 is 5.18. The van der Waals surface area contributed by atoms with Gasteiger partial charge in [0.1, 0.15) is 0 Å². The summed E-state index contributed by atoms with van der Waals surface area (Å²) in [4.78, 5) is 35.0. The van der Waals surface area contributed by atoms with E-state index in [1.165, 1.54) is 19.1 Å². The molecule has 0 bridgehead atoms. The van der Waals surface area contributed by atoms with E-state index in [0.717, 1.165) is 18.1 Å². The second-order valence-electron chi connectivity index (χ2n) is 5.82. The highest BCUT2D eigenvalue weighted by molar-refractivity contribution is 6.00. The fraction of sp³-hybridized carbons (Fsp3) is 0.263. The van der Waals surface area contributed by atoms with Crippen LogP contribution in [0.1, 0.15) is 29.8 Å². The van der Waals surface area contributed by atoms with Gasteiger partial charge in [-0.15, -0.1) is 0 Å². The van der Waals surface area contributed by atoms with Gasteiger partial charge in [0.05, 0.1) is 10.5 Å². The highest BCUT2D eigenvalue weighted by Crippen LogP contribution is 2.23. The molecule has 2 N–H and O–H groups in total. The van der Waals surface area contributed by atoms with Crippen molar-refractivity contribution in [3.63, 3.8) is 0 Å². The van der Waals surface area contributed by atoms with Gasteiger partial charge in [-0.25, -0.2) is 4.79 Å². The molecule has 0 aliphatic carbocycles. The number of benzene rings is 2. The van der Waals surface area contributed by atoms with Gasteiger partial charge in [-0.3, -0.25) is 14.9 Å². The van der Waals surface area contributed by atoms with Crippen molar-refractivity contribution < 1.29 is 19.2 Å². The number of nitro benzene ring substituents is 1. The van der Waals surface area contributed by atoms with E-state index in [2.05, 4.69) is 10.6 Å². The van der Waals surface area contributed by atoms with Crippen LogP contribution >= 0.6 is 0 Å². The van der Waals surface area contributed by atoms with Crippen LogP contribution in [-0.4, -0.2) is 30.0 Å². The van der Waals surface area contributed by atoms with Gasteiger partial charge in [-0.1, -0.05) is 19.1 Å². The molecule has 8 nitrogen and oxygen atoms in total. The third kappa shape index (κ3) is 5.04. The molecule has 0 spiro atoms. The van der Waals surface area contributed by atoms with Gasteiger partial charge < -0.3 is 15.4 Å². The molecule has 0 aromatic heterocycles. The normalized spacial score (nSPS) is 11.4. The molecule has 2 aromatic rings. The number of non-ortho nitro benzene ring substituents is 1. The predicted molar refractivity (Wildman–Crippen MR) is 102 cm³/mol. The first-order valence-corrected chi connectivity index (χ1v) is 8.42. The Morgan fingerprint density at radius 1 is 1.19 bits per heavy atom. The van der Waals surface area contributed by atoms with E-state index in [1.807, 2.05) is 19.1 Å². The number of rotatable bonds is 7. The number of aryl methyl sites for hydroxylation is 1. The summed E-state index contributed by atoms with van der Waals surface area (Å²) in [5, 5.41) is 16.4. The minimum Gasteiger partial charge on any atom is -0.449 e. The van der Waals surface area contributed by atoms with Crippen LogP contribution in [0.4, 0.5) is 17.1 Å². The standard InChI is InChI=1S/C19H21N3O5/c1-4-13-5-7-14(8-6-13)21-18(23)12(2)27-19(24)16-11-15(22(25)26)9-10-17(16)20-3/h5-12,20H,4H2,1-3H3,(H,21,23). The number of esters is 1. The lowest BCUT2D eigenvalue weighted by Gasteiger charge is -2.15. The molecule has 0 aliphatic rings. The van der Waals surface area contributed by atoms with Crippen LogP contribution < -0.4 is 10.6 Å². The van der Waals surface area contributed by atoms with Crippen molar-refractivity contribution in [1.82, 2.24) is 0 Å². The lowest BCUT2D eigenvalue weighted by Crippen LogP contribution is -2.30. The first kappa shape index (κ1) is 19.9. The van der Waals surface area contributed by atoms with Crippen molar-refractivity contribution in [2.45, 2.75) is 26.4 Å². The maximum atomic E-state index is 12.4. The van der Waals surface area contributed by atoms with Crippen LogP contribution in [0.25, 0.3) is 0 Å². The first-order chi connectivity index (χ1) is 12.8. The molecule has 2 rings (SSSR count). The summed E-state index contributed by atoms with van der Waals surface area (Å²) in [6.07, 6.45) is -0.188. The zero-order valence-corrected chi connectivity index (χ0v) is 15.3. The molecule has 0 heterocycles. The monoisotopic (exact) mass is 371 g/mol. The molecule has 2 aromatic carbocycles. The molecule has 27 heavy (non-hydrogen) atoms. The van der Waals surface area contributed by atoms with Gasteiger partial charge >= 0.3 is 5.97 Å². The Morgan fingerprint density at radius 3 is 2.41 bits per heavy atom. The largest absolute Gasteiger partial charge is 0.449 e. The second-order valence-corrected chi connectivity index (χ2v) is 5.82. The maximum absolute atomic E-state index is 12.4. The number of nitrogens with one attached hydrogen (secondary N) is 2. The third-order valence-electron chi connectivity index (χ3n) is 3.99. The van der Waals surface area contributed by atoms with Gasteiger partial charge in [0, 0.05) is 30.6 Å². The van der Waals surface area contributed by atoms with E-state index in [0.29, 0.717) is 11.4 Å². The molecule has 1 amide bonds. The number of nitro groups is 1. The van der Waals surface area contributed by atoms with E-state index < -0.39 is 22.9 Å². The van der Waals surface area contributed by atoms with Crippen molar-refractivity contribution in [2.75, 3.05) is 17.7 Å². The molecule has 1 unspecified atom stereocenters. The summed E-state index contributed by atoms with van der Waals surface area (Å²) in [5.74, 6) is -1.32. The first-order valence-electron chi connectivity index (χ1n) is 8.42. The molecule has 0 fully saturated rings. The molecular weight excluding hydrogens is 350 g/mol. The van der Waals surface area contributed by atoms with Crippen LogP contribution in [0.5, 0.6) is 0 Å². The number of carbonyl (C=O) groups is 2. The number of ether oxygens (including phenoxy) is 1. The third-order valence-corrected chi connectivity index (χ3v) is 3.99. The maximum Gasteiger partial charge on any atom is 0.341 e. The van der Waals surface area contributed by atoms with Crippen LogP contribution in [0, 0.1) is 10.1 Å². The number of hydrogen-bond donors (Lipinski definition) is 2. The van der Waals surface area contributed by atoms with E-state index in [1.54, 1.807) is 19.2 Å². The summed E-state index contributed by atoms with van der Waals surface area (Å²) in [6.45, 7) is 3.46. The smallest absolute Gasteiger partial charge is 0.341 e. The van der Waals surface area contributed by atoms with Gasteiger partial charge in [-0.05, 0) is 37.1 Å². The number of amides is 1. The fourth-order valence-electron chi connectivity index (χ4n) is 2.38. The zero-order chi connectivity index (χ0) is 20.0. The molecule has 0 saturated heterocycles. The van der Waals surface area contributed by atoms with Gasteiger partial charge in [0.2, 0.25) is 0 Å². The Labute approximate surface area is 156 Å². The van der Waals surface area contributed by atoms with E-state index in [-0.39, 0.29) is 11.3 Å². The van der Waals surface area contributed by atoms with Gasteiger partial charge in [0.25, 0.3) is 11.6 Å². The molecule has 1 atom stereocenters. The number of hydrogen-bond acceptors (Lipinski definition) is 6. The average molecular weight is 371 g/mol. The van der Waals surface area contributed by atoms with Crippen molar-refractivity contribution in [3.05, 3.63) is 63.7 Å². The minimum atomic E-state index is -1.08. The summed E-state index contributed by atoms with van der Waals surface area (Å²) in [5.41, 5.74) is 1.84. The summed E-state index contributed by atoms with van der Waals surface area (Å²) >= 11 is 0. The lowest BCUT2D eigenvalue weighted by atomic mass is 10.1. The minimum absolute atomic E-state index is 0.0151. The lowest BCUT2D eigenvalue weighted by molar-refractivity contribution is -0.384. The van der Waals surface area contributed by atoms with Crippen LogP contribution in [0.15, 0.2) is 42.5 Å². The Hall–Kier alpha value is -3.42. The molecule has 8 heteroatoms. The Kier molecular flexibility index (Phi) is 6.48. The zero-order valence-electron chi connectivity index (χ0n) is 15.3. The quantitative estimate of drug-likeness (QED) is 0.438. The van der Waals surface area contributed by atoms with Crippen LogP contribution in [0.2, 0.25) is 0 Å². The number of anilines is 2. The Morgan fingerprint density at radius 2 is 1.85 bits per heavy atom. The van der Waals surface area contributed by atoms with Crippen molar-refractivity contribution in [2.24, 2.45) is 0 Å². The van der Waals surface area contributed by atoms with E-state index in [4.69, 9.17) is 4.74 Å². The highest BCUT2D eigenvalue weighted by atomic mass is 16.6. The summed E-state index contributed by atoms with van der Waals surface area (Å²) in [6, 6.07) is 11.1. The van der Waals surface area contributed by atoms with Gasteiger partial charge in [-0.2, -0.15) is 0 Å². The number of carbonyl (C=O) groups excluding carboxylic acids is 2. The predicted octanol–water partition coefficient (Wildman–Crippen LogP) is 3.38. The van der Waals surface area contributed by atoms with Crippen molar-refractivity contribution in [3.8, 4) is 0 Å². The van der Waals surface area contributed by atoms with E-state index >= 15 is 0 Å². The van der Waals surface area contributed by atoms with Crippen LogP contribution in [0.3, 0.4) is 0 Å². The van der Waals surface area contributed by atoms with E-state index in [9.17, 15) is 19.7 Å². The molecule has 0 aliphatic heterocycles. The SMILES string of the molecule is CCc1ccc(NC(=O)C(C)OC(=O)c2cc([N+](=O)[O-])ccc2NC)cc1. The Bertz CT molecular complexity index is 849. The molecular formula is C19H21N3O5. The molecule has 0 radical (unpaired) electrons. The number of nitrogens with zero attached hydrogens (tertiary/aromatic N) is 1. The average Bonchev–Trinajstić information content (AvgIpc) is 2.67. The topological polar surface area (TPSA) is 111 Å². The van der Waals surface area contributed by atoms with Crippen LogP contribution in [-0.2, 0) is 16.0 Å². The fourth-order valence-corrected chi connectivity index (χ4v) is 2.38. The van der Waals surface area contributed by atoms with Crippen molar-refractivity contribution in [1.29, 1.82) is 0 Å². The highest BCUT2D eigenvalue weighted by Gasteiger charge is 2.23. The Balaban J connectivity index is 2.08. The van der Waals surface area contributed by atoms with Crippen molar-refractivity contribution >= 4 is 28.9 Å². The van der Waals surface area contributed by atoms with Gasteiger partial charge in [0.15, 0.2) is 6.10 Å². The molecule has 0 saturated carbocycles. The molecule has 142 valence electrons.